The minimum atomic E-state index is -0.449. The number of ether oxygens (including phenoxy) is 2. The Labute approximate surface area is 97.9 Å². The van der Waals surface area contributed by atoms with Crippen LogP contribution in [-0.4, -0.2) is 44.0 Å². The molecule has 1 fully saturated rings. The van der Waals surface area contributed by atoms with Gasteiger partial charge in [-0.2, -0.15) is 0 Å². The number of morpholine rings is 1. The van der Waals surface area contributed by atoms with Gasteiger partial charge in [0.2, 0.25) is 0 Å². The van der Waals surface area contributed by atoms with Crippen LogP contribution in [0.4, 0.5) is 4.79 Å². The quantitative estimate of drug-likeness (QED) is 0.749. The predicted molar refractivity (Wildman–Crippen MR) is 63.6 cm³/mol. The van der Waals surface area contributed by atoms with E-state index in [1.807, 2.05) is 20.8 Å². The summed E-state index contributed by atoms with van der Waals surface area (Å²) in [5.41, 5.74) is -0.449. The zero-order valence-corrected chi connectivity index (χ0v) is 9.63. The van der Waals surface area contributed by atoms with E-state index in [2.05, 4.69) is 10.6 Å². The van der Waals surface area contributed by atoms with Crippen LogP contribution in [0.15, 0.2) is 0 Å². The van der Waals surface area contributed by atoms with Gasteiger partial charge in [0.15, 0.2) is 0 Å². The van der Waals surface area contributed by atoms with Crippen LogP contribution in [-0.2, 0) is 9.47 Å². The van der Waals surface area contributed by atoms with Gasteiger partial charge in [-0.15, -0.1) is 0 Å². The van der Waals surface area contributed by atoms with Gasteiger partial charge in [0, 0.05) is 19.6 Å². The van der Waals surface area contributed by atoms with Crippen LogP contribution in [0.1, 0.15) is 28.2 Å². The number of carbonyl (C=O) groups excluding carboxylic acids is 1. The fourth-order valence-electron chi connectivity index (χ4n) is 1.26. The van der Waals surface area contributed by atoms with E-state index in [9.17, 15) is 4.79 Å². The molecule has 0 aromatic rings. The van der Waals surface area contributed by atoms with Crippen molar-refractivity contribution in [2.75, 3.05) is 26.2 Å². The Bertz CT molecular complexity index is 208. The lowest BCUT2D eigenvalue weighted by molar-refractivity contribution is 0.0205. The highest BCUT2D eigenvalue weighted by molar-refractivity contribution is 5.67. The van der Waals surface area contributed by atoms with Crippen molar-refractivity contribution in [2.45, 2.75) is 39.9 Å². The van der Waals surface area contributed by atoms with Crippen LogP contribution in [0.25, 0.3) is 0 Å². The topological polar surface area (TPSA) is 59.6 Å². The van der Waals surface area contributed by atoms with E-state index in [1.165, 1.54) is 0 Å². The molecular weight excluding hydrogens is 208 g/mol. The van der Waals surface area contributed by atoms with Gasteiger partial charge in [-0.25, -0.2) is 4.79 Å². The van der Waals surface area contributed by atoms with E-state index in [-0.39, 0.29) is 13.5 Å². The van der Waals surface area contributed by atoms with Crippen LogP contribution in [0.3, 0.4) is 0 Å². The van der Waals surface area contributed by atoms with Crippen LogP contribution >= 0.6 is 0 Å². The molecule has 1 saturated heterocycles. The van der Waals surface area contributed by atoms with Crippen molar-refractivity contribution in [3.63, 3.8) is 0 Å². The maximum absolute atomic E-state index is 11.3. The number of rotatable bonds is 2. The number of hydrogen-bond acceptors (Lipinski definition) is 4. The molecule has 5 nitrogen and oxygen atoms in total. The first-order valence-electron chi connectivity index (χ1n) is 5.26. The number of alkyl carbamates (subject to hydrolysis) is 1. The number of carbonyl (C=O) groups is 1. The van der Waals surface area contributed by atoms with E-state index >= 15 is 0 Å². The Morgan fingerprint density at radius 3 is 2.75 bits per heavy atom. The summed E-state index contributed by atoms with van der Waals surface area (Å²) >= 11 is 0. The first-order chi connectivity index (χ1) is 6.97. The summed E-state index contributed by atoms with van der Waals surface area (Å²) in [5.74, 6) is 0. The average molecular weight is 232 g/mol. The maximum atomic E-state index is 11.3. The molecule has 1 heterocycles. The van der Waals surface area contributed by atoms with Gasteiger partial charge in [-0.05, 0) is 20.8 Å². The smallest absolute Gasteiger partial charge is 0.407 e. The Balaban J connectivity index is 0.00000225. The molecule has 1 rings (SSSR count). The van der Waals surface area contributed by atoms with Crippen LogP contribution in [0.5, 0.6) is 0 Å². The SMILES string of the molecule is C.CC(C)(C)OC(=O)NCC1CNCCO1. The predicted octanol–water partition coefficient (Wildman–Crippen LogP) is 1.14. The standard InChI is InChI=1S/C10H20N2O3.CH4/c1-10(2,3)15-9(13)12-7-8-6-11-4-5-14-8;/h8,11H,4-7H2,1-3H3,(H,12,13);1H4. The first kappa shape index (κ1) is 15.2. The Morgan fingerprint density at radius 1 is 1.56 bits per heavy atom. The fraction of sp³-hybridized carbons (Fsp3) is 0.909. The molecule has 0 radical (unpaired) electrons. The minimum Gasteiger partial charge on any atom is -0.444 e. The Kier molecular flexibility index (Phi) is 6.36. The van der Waals surface area contributed by atoms with Crippen molar-refractivity contribution >= 4 is 6.09 Å². The highest BCUT2D eigenvalue weighted by Crippen LogP contribution is 2.06. The second-order valence-corrected chi connectivity index (χ2v) is 4.58. The summed E-state index contributed by atoms with van der Waals surface area (Å²) in [5, 5.41) is 5.87. The fourth-order valence-corrected chi connectivity index (χ4v) is 1.26. The van der Waals surface area contributed by atoms with Gasteiger partial charge >= 0.3 is 6.09 Å². The number of amides is 1. The largest absolute Gasteiger partial charge is 0.444 e. The van der Waals surface area contributed by atoms with E-state index in [1.54, 1.807) is 0 Å². The molecule has 0 aromatic carbocycles. The van der Waals surface area contributed by atoms with Gasteiger partial charge in [0.25, 0.3) is 0 Å². The zero-order valence-electron chi connectivity index (χ0n) is 9.63. The average Bonchev–Trinajstić information content (AvgIpc) is 2.14. The lowest BCUT2D eigenvalue weighted by atomic mass is 10.2. The summed E-state index contributed by atoms with van der Waals surface area (Å²) < 4.78 is 10.5. The molecule has 96 valence electrons. The second kappa shape index (κ2) is 6.70. The van der Waals surface area contributed by atoms with E-state index in [0.717, 1.165) is 13.1 Å². The minimum absolute atomic E-state index is 0. The lowest BCUT2D eigenvalue weighted by Gasteiger charge is -2.25. The monoisotopic (exact) mass is 232 g/mol. The number of nitrogens with one attached hydrogen (secondary N) is 2. The molecule has 5 heteroatoms. The summed E-state index contributed by atoms with van der Waals surface area (Å²) in [4.78, 5) is 11.3. The van der Waals surface area contributed by atoms with E-state index < -0.39 is 11.7 Å². The maximum Gasteiger partial charge on any atom is 0.407 e. The van der Waals surface area contributed by atoms with E-state index in [4.69, 9.17) is 9.47 Å². The third-order valence-corrected chi connectivity index (χ3v) is 1.88. The lowest BCUT2D eigenvalue weighted by Crippen LogP contribution is -2.46. The summed E-state index contributed by atoms with van der Waals surface area (Å²) in [6, 6.07) is 0. The molecular formula is C11H24N2O3. The molecule has 1 atom stereocenters. The van der Waals surface area contributed by atoms with Crippen molar-refractivity contribution in [1.82, 2.24) is 10.6 Å². The third kappa shape index (κ3) is 6.63. The van der Waals surface area contributed by atoms with Crippen molar-refractivity contribution in [2.24, 2.45) is 0 Å². The highest BCUT2D eigenvalue weighted by atomic mass is 16.6. The van der Waals surface area contributed by atoms with Crippen molar-refractivity contribution < 1.29 is 14.3 Å². The first-order valence-corrected chi connectivity index (χ1v) is 5.26. The molecule has 1 aliphatic heterocycles. The molecule has 16 heavy (non-hydrogen) atoms. The van der Waals surface area contributed by atoms with Gasteiger partial charge in [0.05, 0.1) is 12.7 Å². The third-order valence-electron chi connectivity index (χ3n) is 1.88. The van der Waals surface area contributed by atoms with Gasteiger partial charge in [-0.1, -0.05) is 7.43 Å². The van der Waals surface area contributed by atoms with Gasteiger partial charge in [0.1, 0.15) is 5.60 Å². The summed E-state index contributed by atoms with van der Waals surface area (Å²) in [6.07, 6.45) is -0.344. The molecule has 0 spiro atoms. The Hall–Kier alpha value is -0.810. The molecule has 1 unspecified atom stereocenters. The molecule has 0 bridgehead atoms. The van der Waals surface area contributed by atoms with Crippen LogP contribution in [0.2, 0.25) is 0 Å². The molecule has 0 aliphatic carbocycles. The Morgan fingerprint density at radius 2 is 2.25 bits per heavy atom. The van der Waals surface area contributed by atoms with Crippen molar-refractivity contribution in [3.05, 3.63) is 0 Å². The van der Waals surface area contributed by atoms with E-state index in [0.29, 0.717) is 13.2 Å². The molecule has 2 N–H and O–H groups in total. The molecule has 0 saturated carbocycles. The van der Waals surface area contributed by atoms with Crippen LogP contribution in [0, 0.1) is 0 Å². The molecule has 1 amide bonds. The number of hydrogen-bond donors (Lipinski definition) is 2. The molecule has 0 aromatic heterocycles. The normalized spacial score (nSPS) is 20.8. The molecule has 1 aliphatic rings. The van der Waals surface area contributed by atoms with Crippen molar-refractivity contribution in [1.29, 1.82) is 0 Å². The summed E-state index contributed by atoms with van der Waals surface area (Å²) in [6.45, 7) is 8.35. The van der Waals surface area contributed by atoms with Crippen molar-refractivity contribution in [3.8, 4) is 0 Å². The van der Waals surface area contributed by atoms with Gasteiger partial charge < -0.3 is 20.1 Å². The zero-order chi connectivity index (χ0) is 11.3. The van der Waals surface area contributed by atoms with Crippen LogP contribution < -0.4 is 10.6 Å². The highest BCUT2D eigenvalue weighted by Gasteiger charge is 2.18. The summed E-state index contributed by atoms with van der Waals surface area (Å²) in [7, 11) is 0. The second-order valence-electron chi connectivity index (χ2n) is 4.58. The van der Waals surface area contributed by atoms with Gasteiger partial charge in [-0.3, -0.25) is 0 Å².